The Labute approximate surface area is 197 Å². The van der Waals surface area contributed by atoms with Gasteiger partial charge in [0.2, 0.25) is 0 Å². The number of carbonyl (C=O) groups is 1. The summed E-state index contributed by atoms with van der Waals surface area (Å²) in [6.45, 7) is 2.01. The van der Waals surface area contributed by atoms with Crippen LogP contribution in [0.15, 0.2) is 66.9 Å². The van der Waals surface area contributed by atoms with Crippen molar-refractivity contribution >= 4 is 29.2 Å². The number of aromatic carboxylic acids is 1. The van der Waals surface area contributed by atoms with Crippen molar-refractivity contribution in [3.63, 3.8) is 0 Å². The molecule has 166 valence electrons. The maximum atomic E-state index is 11.1. The summed E-state index contributed by atoms with van der Waals surface area (Å²) in [5.41, 5.74) is 3.16. The number of aromatic nitrogens is 1. The predicted molar refractivity (Wildman–Crippen MR) is 125 cm³/mol. The summed E-state index contributed by atoms with van der Waals surface area (Å²) in [6, 6.07) is 19.3. The lowest BCUT2D eigenvalue weighted by molar-refractivity contribution is -0.0553. The number of hydrogen-bond donors (Lipinski definition) is 1. The number of likely N-dealkylation sites (tertiary alicyclic amines) is 1. The zero-order valence-electron chi connectivity index (χ0n) is 17.5. The third-order valence-electron chi connectivity index (χ3n) is 5.64. The highest BCUT2D eigenvalue weighted by molar-refractivity contribution is 6.34. The minimum absolute atomic E-state index is 0.00448. The molecule has 0 saturated carbocycles. The lowest BCUT2D eigenvalue weighted by Crippen LogP contribution is -2.42. The molecule has 0 spiro atoms. The number of rotatable bonds is 7. The average molecular weight is 471 g/mol. The Bertz CT molecular complexity index is 1040. The zero-order valence-corrected chi connectivity index (χ0v) is 19.0. The second-order valence-corrected chi connectivity index (χ2v) is 8.83. The minimum Gasteiger partial charge on any atom is -0.477 e. The van der Waals surface area contributed by atoms with E-state index < -0.39 is 5.97 Å². The van der Waals surface area contributed by atoms with Crippen LogP contribution in [0.5, 0.6) is 0 Å². The number of hydrogen-bond acceptors (Lipinski definition) is 4. The highest BCUT2D eigenvalue weighted by Crippen LogP contribution is 2.35. The van der Waals surface area contributed by atoms with Gasteiger partial charge in [0.15, 0.2) is 0 Å². The lowest BCUT2D eigenvalue weighted by Gasteiger charge is -2.41. The molecule has 1 aliphatic rings. The van der Waals surface area contributed by atoms with Crippen molar-refractivity contribution in [2.45, 2.75) is 38.1 Å². The van der Waals surface area contributed by atoms with Crippen molar-refractivity contribution in [3.05, 3.63) is 99.3 Å². The number of halogens is 2. The van der Waals surface area contributed by atoms with Crippen LogP contribution in [0.1, 0.15) is 46.1 Å². The van der Waals surface area contributed by atoms with Gasteiger partial charge in [0.1, 0.15) is 5.69 Å². The van der Waals surface area contributed by atoms with E-state index >= 15 is 0 Å². The maximum Gasteiger partial charge on any atom is 0.354 e. The summed E-state index contributed by atoms with van der Waals surface area (Å²) in [4.78, 5) is 17.6. The summed E-state index contributed by atoms with van der Waals surface area (Å²) in [5, 5.41) is 10.3. The van der Waals surface area contributed by atoms with Crippen molar-refractivity contribution in [2.75, 3.05) is 6.54 Å². The van der Waals surface area contributed by atoms with Crippen LogP contribution < -0.4 is 0 Å². The van der Waals surface area contributed by atoms with E-state index in [0.29, 0.717) is 23.2 Å². The van der Waals surface area contributed by atoms with Crippen molar-refractivity contribution in [1.82, 2.24) is 9.88 Å². The zero-order chi connectivity index (χ0) is 22.5. The second kappa shape index (κ2) is 10.5. The topological polar surface area (TPSA) is 62.7 Å². The molecule has 0 aliphatic carbocycles. The van der Waals surface area contributed by atoms with Crippen LogP contribution in [0.2, 0.25) is 10.0 Å². The third-order valence-corrected chi connectivity index (χ3v) is 6.07. The van der Waals surface area contributed by atoms with E-state index in [-0.39, 0.29) is 17.8 Å². The van der Waals surface area contributed by atoms with E-state index in [9.17, 15) is 4.79 Å². The molecule has 3 aromatic rings. The molecule has 0 amide bonds. The molecule has 0 bridgehead atoms. The highest BCUT2D eigenvalue weighted by Gasteiger charge is 2.33. The summed E-state index contributed by atoms with van der Waals surface area (Å²) in [6.07, 6.45) is 3.59. The highest BCUT2D eigenvalue weighted by atomic mass is 35.5. The monoisotopic (exact) mass is 470 g/mol. The smallest absolute Gasteiger partial charge is 0.354 e. The van der Waals surface area contributed by atoms with Gasteiger partial charge in [-0.05, 0) is 60.3 Å². The van der Waals surface area contributed by atoms with Gasteiger partial charge in [-0.2, -0.15) is 0 Å². The average Bonchev–Trinajstić information content (AvgIpc) is 2.78. The van der Waals surface area contributed by atoms with Crippen molar-refractivity contribution in [2.24, 2.45) is 0 Å². The van der Waals surface area contributed by atoms with Crippen LogP contribution in [0.3, 0.4) is 0 Å². The van der Waals surface area contributed by atoms with Gasteiger partial charge in [-0.15, -0.1) is 0 Å². The maximum absolute atomic E-state index is 11.1. The standard InChI is InChI=1S/C25H24Cl2N2O3/c26-20-11-18(12-21(27)13-20)16-32-23-7-4-10-29(24(23)19-5-2-1-3-6-19)15-17-8-9-22(25(30)31)28-14-17/h1-3,5-6,8-9,11-14,23-24H,4,7,10,15-16H2,(H,30,31)/t23-,24-/m0/s1. The molecule has 1 fully saturated rings. The third kappa shape index (κ3) is 5.67. The van der Waals surface area contributed by atoms with Gasteiger partial charge in [-0.3, -0.25) is 4.90 Å². The summed E-state index contributed by atoms with van der Waals surface area (Å²) < 4.78 is 6.41. The molecule has 7 heteroatoms. The van der Waals surface area contributed by atoms with Crippen LogP contribution in [0, 0.1) is 0 Å². The first-order valence-corrected chi connectivity index (χ1v) is 11.3. The molecule has 2 atom stereocenters. The molecule has 32 heavy (non-hydrogen) atoms. The Hall–Kier alpha value is -2.44. The Balaban J connectivity index is 1.54. The quantitative estimate of drug-likeness (QED) is 0.457. The molecule has 5 nitrogen and oxygen atoms in total. The molecule has 0 unspecified atom stereocenters. The van der Waals surface area contributed by atoms with Gasteiger partial charge in [0.25, 0.3) is 0 Å². The largest absolute Gasteiger partial charge is 0.477 e. The number of carboxylic acid groups (broad SMARTS) is 1. The molecule has 2 heterocycles. The first kappa shape index (κ1) is 22.7. The first-order valence-electron chi connectivity index (χ1n) is 10.5. The molecule has 1 aliphatic heterocycles. The fourth-order valence-electron chi connectivity index (χ4n) is 4.23. The molecule has 1 aromatic heterocycles. The van der Waals surface area contributed by atoms with E-state index in [1.807, 2.05) is 36.4 Å². The van der Waals surface area contributed by atoms with Gasteiger partial charge < -0.3 is 9.84 Å². The fourth-order valence-corrected chi connectivity index (χ4v) is 4.80. The number of piperidine rings is 1. The molecule has 0 radical (unpaired) electrons. The van der Waals surface area contributed by atoms with E-state index in [4.69, 9.17) is 33.0 Å². The van der Waals surface area contributed by atoms with E-state index in [1.54, 1.807) is 18.3 Å². The SMILES string of the molecule is O=C(O)c1ccc(CN2CCC[C@H](OCc3cc(Cl)cc(Cl)c3)[C@@H]2c2ccccc2)cn1. The first-order chi connectivity index (χ1) is 15.5. The van der Waals surface area contributed by atoms with Crippen LogP contribution in [-0.2, 0) is 17.9 Å². The van der Waals surface area contributed by atoms with Gasteiger partial charge in [0, 0.05) is 22.8 Å². The number of nitrogens with zero attached hydrogens (tertiary/aromatic N) is 2. The molecule has 2 aromatic carbocycles. The minimum atomic E-state index is -1.02. The van der Waals surface area contributed by atoms with Crippen molar-refractivity contribution < 1.29 is 14.6 Å². The summed E-state index contributed by atoms with van der Waals surface area (Å²) in [7, 11) is 0. The van der Waals surface area contributed by atoms with Gasteiger partial charge in [0.05, 0.1) is 18.8 Å². The lowest BCUT2D eigenvalue weighted by atomic mass is 9.91. The van der Waals surface area contributed by atoms with Gasteiger partial charge >= 0.3 is 5.97 Å². The molecule has 4 rings (SSSR count). The Morgan fingerprint density at radius 2 is 1.81 bits per heavy atom. The fraction of sp³-hybridized carbons (Fsp3) is 0.280. The van der Waals surface area contributed by atoms with Crippen molar-refractivity contribution in [3.8, 4) is 0 Å². The molecule has 1 saturated heterocycles. The van der Waals surface area contributed by atoms with Crippen LogP contribution in [-0.4, -0.2) is 33.6 Å². The van der Waals surface area contributed by atoms with Gasteiger partial charge in [-0.1, -0.05) is 59.6 Å². The number of benzene rings is 2. The summed E-state index contributed by atoms with van der Waals surface area (Å²) in [5.74, 6) is -1.02. The van der Waals surface area contributed by atoms with E-state index in [0.717, 1.165) is 30.5 Å². The van der Waals surface area contributed by atoms with E-state index in [1.165, 1.54) is 5.56 Å². The number of ether oxygens (including phenoxy) is 1. The number of carboxylic acids is 1. The Morgan fingerprint density at radius 3 is 2.47 bits per heavy atom. The number of pyridine rings is 1. The van der Waals surface area contributed by atoms with Crippen LogP contribution >= 0.6 is 23.2 Å². The normalized spacial score (nSPS) is 19.1. The van der Waals surface area contributed by atoms with Gasteiger partial charge in [-0.25, -0.2) is 9.78 Å². The molecule has 1 N–H and O–H groups in total. The molecular formula is C25H24Cl2N2O3. The Morgan fingerprint density at radius 1 is 1.06 bits per heavy atom. The van der Waals surface area contributed by atoms with Crippen molar-refractivity contribution in [1.29, 1.82) is 0 Å². The Kier molecular flexibility index (Phi) is 7.43. The van der Waals surface area contributed by atoms with Crippen LogP contribution in [0.4, 0.5) is 0 Å². The van der Waals surface area contributed by atoms with Crippen LogP contribution in [0.25, 0.3) is 0 Å². The second-order valence-electron chi connectivity index (χ2n) is 7.95. The predicted octanol–water partition coefficient (Wildman–Crippen LogP) is 6.01. The summed E-state index contributed by atoms with van der Waals surface area (Å²) >= 11 is 12.3. The molecular weight excluding hydrogens is 447 g/mol. The van der Waals surface area contributed by atoms with E-state index in [2.05, 4.69) is 22.0 Å².